The largest absolute Gasteiger partial charge is 0.363 e. The van der Waals surface area contributed by atoms with Gasteiger partial charge in [-0.15, -0.1) is 0 Å². The van der Waals surface area contributed by atoms with Crippen LogP contribution in [0.15, 0.2) is 0 Å². The van der Waals surface area contributed by atoms with E-state index in [4.69, 9.17) is 10.00 Å². The molecule has 0 saturated carbocycles. The number of ether oxygens (including phenoxy) is 1. The number of nitrogens with zero attached hydrogens (tertiary/aromatic N) is 1. The second-order valence-electron chi connectivity index (χ2n) is 4.21. The summed E-state index contributed by atoms with van der Waals surface area (Å²) in [7, 11) is 0. The molecule has 1 unspecified atom stereocenters. The molecule has 1 atom stereocenters. The van der Waals surface area contributed by atoms with Crippen molar-refractivity contribution in [2.75, 3.05) is 6.61 Å². The molecule has 0 aromatic rings. The summed E-state index contributed by atoms with van der Waals surface area (Å²) in [4.78, 5) is 0. The van der Waals surface area contributed by atoms with Gasteiger partial charge in [0, 0.05) is 6.61 Å². The van der Waals surface area contributed by atoms with Crippen molar-refractivity contribution in [2.45, 2.75) is 46.6 Å². The van der Waals surface area contributed by atoms with Gasteiger partial charge in [-0.3, -0.25) is 0 Å². The minimum Gasteiger partial charge on any atom is -0.363 e. The van der Waals surface area contributed by atoms with Gasteiger partial charge in [0.1, 0.15) is 6.10 Å². The minimum atomic E-state index is -0.215. The summed E-state index contributed by atoms with van der Waals surface area (Å²) < 4.78 is 5.36. The molecule has 0 radical (unpaired) electrons. The van der Waals surface area contributed by atoms with Crippen LogP contribution in [0.5, 0.6) is 0 Å². The van der Waals surface area contributed by atoms with Crippen LogP contribution in [0, 0.1) is 16.7 Å². The number of rotatable bonds is 4. The van der Waals surface area contributed by atoms with Crippen molar-refractivity contribution in [2.24, 2.45) is 5.41 Å². The first-order valence-electron chi connectivity index (χ1n) is 4.51. The zero-order chi connectivity index (χ0) is 9.61. The van der Waals surface area contributed by atoms with Gasteiger partial charge in [-0.2, -0.15) is 5.26 Å². The van der Waals surface area contributed by atoms with E-state index in [9.17, 15) is 0 Å². The van der Waals surface area contributed by atoms with Crippen LogP contribution in [0.3, 0.4) is 0 Å². The smallest absolute Gasteiger partial charge is 0.143 e. The van der Waals surface area contributed by atoms with Crippen LogP contribution in [0.25, 0.3) is 0 Å². The molecule has 0 aliphatic heterocycles. The molecule has 0 saturated heterocycles. The lowest BCUT2D eigenvalue weighted by molar-refractivity contribution is 0.0682. The van der Waals surface area contributed by atoms with Gasteiger partial charge in [0.2, 0.25) is 0 Å². The van der Waals surface area contributed by atoms with Crippen LogP contribution in [0.4, 0.5) is 0 Å². The third-order valence-electron chi connectivity index (χ3n) is 1.69. The lowest BCUT2D eigenvalue weighted by atomic mass is 9.93. The van der Waals surface area contributed by atoms with Crippen molar-refractivity contribution in [3.8, 4) is 6.07 Å². The Balaban J connectivity index is 3.50. The first-order valence-corrected chi connectivity index (χ1v) is 4.51. The second-order valence-corrected chi connectivity index (χ2v) is 4.21. The Morgan fingerprint density at radius 2 is 2.00 bits per heavy atom. The maximum Gasteiger partial charge on any atom is 0.143 e. The van der Waals surface area contributed by atoms with Gasteiger partial charge in [0.05, 0.1) is 6.07 Å². The standard InChI is InChI=1S/C10H19NO/c1-5-9(8-11)12-7-6-10(2,3)4/h9H,5-7H2,1-4H3. The summed E-state index contributed by atoms with van der Waals surface area (Å²) in [5, 5.41) is 8.58. The molecular formula is C10H19NO. The third-order valence-corrected chi connectivity index (χ3v) is 1.69. The van der Waals surface area contributed by atoms with E-state index in [0.29, 0.717) is 12.0 Å². The van der Waals surface area contributed by atoms with Crippen LogP contribution >= 0.6 is 0 Å². The predicted octanol–water partition coefficient (Wildman–Crippen LogP) is 2.74. The Labute approximate surface area is 75.5 Å². The van der Waals surface area contributed by atoms with E-state index in [1.165, 1.54) is 0 Å². The molecule has 0 rings (SSSR count). The van der Waals surface area contributed by atoms with Crippen LogP contribution < -0.4 is 0 Å². The maximum atomic E-state index is 8.58. The number of hydrogen-bond acceptors (Lipinski definition) is 2. The number of nitriles is 1. The molecule has 0 N–H and O–H groups in total. The van der Waals surface area contributed by atoms with Gasteiger partial charge in [-0.25, -0.2) is 0 Å². The molecule has 0 bridgehead atoms. The Morgan fingerprint density at radius 3 is 2.33 bits per heavy atom. The average molecular weight is 169 g/mol. The molecule has 70 valence electrons. The van der Waals surface area contributed by atoms with Crippen LogP contribution in [0.1, 0.15) is 40.5 Å². The van der Waals surface area contributed by atoms with Gasteiger partial charge in [0.25, 0.3) is 0 Å². The van der Waals surface area contributed by atoms with Gasteiger partial charge in [-0.05, 0) is 18.3 Å². The lowest BCUT2D eigenvalue weighted by Gasteiger charge is -2.18. The summed E-state index contributed by atoms with van der Waals surface area (Å²) in [5.41, 5.74) is 0.299. The highest BCUT2D eigenvalue weighted by molar-refractivity contribution is 4.82. The summed E-state index contributed by atoms with van der Waals surface area (Å²) in [6.45, 7) is 9.16. The SMILES string of the molecule is CCC(C#N)OCCC(C)(C)C. The van der Waals surface area contributed by atoms with E-state index in [-0.39, 0.29) is 6.10 Å². The molecule has 0 aliphatic rings. The molecule has 0 aliphatic carbocycles. The van der Waals surface area contributed by atoms with Gasteiger partial charge < -0.3 is 4.74 Å². The zero-order valence-electron chi connectivity index (χ0n) is 8.55. The van der Waals surface area contributed by atoms with Crippen molar-refractivity contribution in [1.29, 1.82) is 5.26 Å². The molecule has 2 heteroatoms. The minimum absolute atomic E-state index is 0.215. The molecule has 0 spiro atoms. The molecule has 0 aromatic heterocycles. The fraction of sp³-hybridized carbons (Fsp3) is 0.900. The average Bonchev–Trinajstić information content (AvgIpc) is 1.96. The van der Waals surface area contributed by atoms with Crippen molar-refractivity contribution >= 4 is 0 Å². The van der Waals surface area contributed by atoms with E-state index in [2.05, 4.69) is 26.8 Å². The topological polar surface area (TPSA) is 33.0 Å². The summed E-state index contributed by atoms with van der Waals surface area (Å²) in [5.74, 6) is 0. The molecule has 0 fully saturated rings. The summed E-state index contributed by atoms with van der Waals surface area (Å²) >= 11 is 0. The highest BCUT2D eigenvalue weighted by Gasteiger charge is 2.11. The third kappa shape index (κ3) is 6.18. The van der Waals surface area contributed by atoms with Gasteiger partial charge in [-0.1, -0.05) is 27.7 Å². The highest BCUT2D eigenvalue weighted by atomic mass is 16.5. The molecule has 0 amide bonds. The van der Waals surface area contributed by atoms with E-state index >= 15 is 0 Å². The van der Waals surface area contributed by atoms with Gasteiger partial charge in [0.15, 0.2) is 0 Å². The fourth-order valence-electron chi connectivity index (χ4n) is 0.754. The zero-order valence-corrected chi connectivity index (χ0v) is 8.55. The van der Waals surface area contributed by atoms with Crippen LogP contribution in [-0.4, -0.2) is 12.7 Å². The van der Waals surface area contributed by atoms with Crippen molar-refractivity contribution in [3.63, 3.8) is 0 Å². The van der Waals surface area contributed by atoms with Crippen molar-refractivity contribution < 1.29 is 4.74 Å². The van der Waals surface area contributed by atoms with Crippen molar-refractivity contribution in [1.82, 2.24) is 0 Å². The second kappa shape index (κ2) is 5.16. The van der Waals surface area contributed by atoms with Crippen molar-refractivity contribution in [3.05, 3.63) is 0 Å². The van der Waals surface area contributed by atoms with Crippen LogP contribution in [0.2, 0.25) is 0 Å². The fourth-order valence-corrected chi connectivity index (χ4v) is 0.754. The monoisotopic (exact) mass is 169 g/mol. The Morgan fingerprint density at radius 1 is 1.42 bits per heavy atom. The quantitative estimate of drug-likeness (QED) is 0.648. The highest BCUT2D eigenvalue weighted by Crippen LogP contribution is 2.18. The maximum absolute atomic E-state index is 8.58. The van der Waals surface area contributed by atoms with E-state index in [1.807, 2.05) is 6.92 Å². The Hall–Kier alpha value is -0.550. The van der Waals surface area contributed by atoms with E-state index in [1.54, 1.807) is 0 Å². The first-order chi connectivity index (χ1) is 5.49. The van der Waals surface area contributed by atoms with Gasteiger partial charge >= 0.3 is 0 Å². The summed E-state index contributed by atoms with van der Waals surface area (Å²) in [6, 6.07) is 2.12. The van der Waals surface area contributed by atoms with Crippen LogP contribution in [-0.2, 0) is 4.74 Å². The van der Waals surface area contributed by atoms with E-state index < -0.39 is 0 Å². The van der Waals surface area contributed by atoms with E-state index in [0.717, 1.165) is 12.8 Å². The molecule has 0 aromatic carbocycles. The predicted molar refractivity (Wildman–Crippen MR) is 49.7 cm³/mol. The Kier molecular flexibility index (Phi) is 4.92. The molecule has 0 heterocycles. The molecule has 2 nitrogen and oxygen atoms in total. The normalized spacial score (nSPS) is 13.9. The Bertz CT molecular complexity index is 152. The summed E-state index contributed by atoms with van der Waals surface area (Å²) in [6.07, 6.45) is 1.57. The lowest BCUT2D eigenvalue weighted by Crippen LogP contribution is -2.15. The molecule has 12 heavy (non-hydrogen) atoms. The number of hydrogen-bond donors (Lipinski definition) is 0. The first kappa shape index (κ1) is 11.4. The molecular weight excluding hydrogens is 150 g/mol.